The summed E-state index contributed by atoms with van der Waals surface area (Å²) in [6.45, 7) is 4.20. The van der Waals surface area contributed by atoms with Gasteiger partial charge in [-0.3, -0.25) is 9.59 Å². The van der Waals surface area contributed by atoms with E-state index in [2.05, 4.69) is 10.3 Å². The Morgan fingerprint density at radius 2 is 1.91 bits per heavy atom. The number of hydrogen-bond donors (Lipinski definition) is 2. The van der Waals surface area contributed by atoms with Gasteiger partial charge in [0.15, 0.2) is 0 Å². The Morgan fingerprint density at radius 3 is 2.50 bits per heavy atom. The lowest BCUT2D eigenvalue weighted by atomic mass is 10.0. The smallest absolute Gasteiger partial charge is 0.253 e. The topological polar surface area (TPSA) is 85.8 Å². The Balaban J connectivity index is 2.12. The predicted molar refractivity (Wildman–Crippen MR) is 83.5 cm³/mol. The molecular weight excluding hydrogens is 278 g/mol. The van der Waals surface area contributed by atoms with Gasteiger partial charge in [-0.25, -0.2) is 0 Å². The first-order chi connectivity index (χ1) is 10.5. The van der Waals surface area contributed by atoms with E-state index in [0.717, 1.165) is 5.56 Å². The average molecular weight is 295 g/mol. The van der Waals surface area contributed by atoms with Crippen molar-refractivity contribution in [3.63, 3.8) is 0 Å². The molecular formula is C17H17N3O2. The number of pyridine rings is 1. The Kier molecular flexibility index (Phi) is 4.74. The van der Waals surface area contributed by atoms with Crippen LogP contribution in [0.1, 0.15) is 46.9 Å². The first kappa shape index (κ1) is 15.5. The second kappa shape index (κ2) is 6.72. The number of aromatic amines is 1. The van der Waals surface area contributed by atoms with Crippen LogP contribution in [0.2, 0.25) is 0 Å². The van der Waals surface area contributed by atoms with E-state index in [-0.39, 0.29) is 17.4 Å². The maximum absolute atomic E-state index is 12.3. The number of carbonyl (C=O) groups excluding carboxylic acids is 1. The number of H-pyrrole nitrogens is 1. The first-order valence-corrected chi connectivity index (χ1v) is 7.01. The molecule has 0 aliphatic carbocycles. The van der Waals surface area contributed by atoms with Crippen LogP contribution in [0, 0.1) is 11.3 Å². The fourth-order valence-electron chi connectivity index (χ4n) is 2.12. The maximum Gasteiger partial charge on any atom is 0.253 e. The van der Waals surface area contributed by atoms with Gasteiger partial charge in [0.1, 0.15) is 0 Å². The van der Waals surface area contributed by atoms with Gasteiger partial charge in [0.2, 0.25) is 5.56 Å². The second-order valence-corrected chi connectivity index (χ2v) is 5.30. The summed E-state index contributed by atoms with van der Waals surface area (Å²) in [5.41, 5.74) is 2.38. The van der Waals surface area contributed by atoms with Gasteiger partial charge >= 0.3 is 0 Å². The summed E-state index contributed by atoms with van der Waals surface area (Å²) in [4.78, 5) is 26.4. The summed E-state index contributed by atoms with van der Waals surface area (Å²) in [5.74, 6) is -0.186. The van der Waals surface area contributed by atoms with Crippen molar-refractivity contribution in [3.05, 3.63) is 69.1 Å². The highest BCUT2D eigenvalue weighted by atomic mass is 16.1. The Labute approximate surface area is 128 Å². The van der Waals surface area contributed by atoms with Gasteiger partial charge in [-0.15, -0.1) is 0 Å². The van der Waals surface area contributed by atoms with Crippen molar-refractivity contribution in [1.82, 2.24) is 10.3 Å². The minimum atomic E-state index is -0.232. The number of benzene rings is 1. The number of aromatic nitrogens is 1. The van der Waals surface area contributed by atoms with Crippen LogP contribution in [-0.4, -0.2) is 10.9 Å². The Bertz CT molecular complexity index is 768. The zero-order chi connectivity index (χ0) is 16.1. The molecule has 1 aromatic heterocycles. The zero-order valence-electron chi connectivity index (χ0n) is 12.5. The maximum atomic E-state index is 12.3. The van der Waals surface area contributed by atoms with Crippen LogP contribution in [0.25, 0.3) is 0 Å². The number of rotatable bonds is 4. The third kappa shape index (κ3) is 3.61. The molecule has 22 heavy (non-hydrogen) atoms. The average Bonchev–Trinajstić information content (AvgIpc) is 2.53. The summed E-state index contributed by atoms with van der Waals surface area (Å²) in [6, 6.07) is 12.0. The molecule has 0 fully saturated rings. The van der Waals surface area contributed by atoms with Crippen molar-refractivity contribution in [3.8, 4) is 6.07 Å². The van der Waals surface area contributed by atoms with Gasteiger partial charge in [0, 0.05) is 18.3 Å². The number of amides is 1. The molecule has 0 bridgehead atoms. The van der Waals surface area contributed by atoms with Gasteiger partial charge < -0.3 is 10.3 Å². The van der Waals surface area contributed by atoms with E-state index in [4.69, 9.17) is 5.26 Å². The minimum absolute atomic E-state index is 0.0459. The molecule has 0 radical (unpaired) electrons. The highest BCUT2D eigenvalue weighted by Gasteiger charge is 2.14. The molecule has 2 rings (SSSR count). The lowest BCUT2D eigenvalue weighted by Crippen LogP contribution is -2.26. The number of nitrogens with one attached hydrogen (secondary N) is 2. The first-order valence-electron chi connectivity index (χ1n) is 7.01. The lowest BCUT2D eigenvalue weighted by Gasteiger charge is -2.12. The fraction of sp³-hybridized carbons (Fsp3) is 0.235. The summed E-state index contributed by atoms with van der Waals surface area (Å²) < 4.78 is 0. The molecule has 0 aliphatic rings. The van der Waals surface area contributed by atoms with E-state index in [1.165, 1.54) is 6.07 Å². The van der Waals surface area contributed by atoms with Gasteiger partial charge in [-0.1, -0.05) is 26.0 Å². The van der Waals surface area contributed by atoms with E-state index in [1.807, 2.05) is 19.9 Å². The zero-order valence-corrected chi connectivity index (χ0v) is 12.5. The van der Waals surface area contributed by atoms with Crippen LogP contribution < -0.4 is 10.9 Å². The normalized spacial score (nSPS) is 10.3. The van der Waals surface area contributed by atoms with Crippen LogP contribution in [0.4, 0.5) is 0 Å². The fourth-order valence-corrected chi connectivity index (χ4v) is 2.12. The summed E-state index contributed by atoms with van der Waals surface area (Å²) >= 11 is 0. The number of nitriles is 1. The molecule has 0 unspecified atom stereocenters. The largest absolute Gasteiger partial charge is 0.348 e. The van der Waals surface area contributed by atoms with Gasteiger partial charge in [0.05, 0.1) is 17.2 Å². The van der Waals surface area contributed by atoms with E-state index in [0.29, 0.717) is 23.4 Å². The van der Waals surface area contributed by atoms with Crippen LogP contribution in [-0.2, 0) is 6.54 Å². The molecule has 0 spiro atoms. The molecule has 0 saturated heterocycles. The van der Waals surface area contributed by atoms with E-state index >= 15 is 0 Å². The molecule has 5 heteroatoms. The quantitative estimate of drug-likeness (QED) is 0.907. The lowest BCUT2D eigenvalue weighted by molar-refractivity contribution is 0.0949. The monoisotopic (exact) mass is 295 g/mol. The van der Waals surface area contributed by atoms with Crippen molar-refractivity contribution in [2.24, 2.45) is 0 Å². The highest BCUT2D eigenvalue weighted by Crippen LogP contribution is 2.15. The van der Waals surface area contributed by atoms with Crippen molar-refractivity contribution in [2.45, 2.75) is 26.3 Å². The van der Waals surface area contributed by atoms with Crippen LogP contribution in [0.5, 0.6) is 0 Å². The second-order valence-electron chi connectivity index (χ2n) is 5.30. The molecule has 1 amide bonds. The van der Waals surface area contributed by atoms with Crippen LogP contribution >= 0.6 is 0 Å². The molecule has 0 saturated carbocycles. The molecule has 5 nitrogen and oxygen atoms in total. The molecule has 0 aliphatic heterocycles. The Hall–Kier alpha value is -2.87. The molecule has 2 aromatic rings. The number of carbonyl (C=O) groups is 1. The number of nitrogens with zero attached hydrogens (tertiary/aromatic N) is 1. The van der Waals surface area contributed by atoms with Crippen molar-refractivity contribution in [1.29, 1.82) is 5.26 Å². The van der Waals surface area contributed by atoms with Crippen molar-refractivity contribution >= 4 is 5.91 Å². The SMILES string of the molecule is CC(C)c1[nH]c(=O)ccc1C(=O)NCc1ccc(C#N)cc1. The van der Waals surface area contributed by atoms with E-state index in [9.17, 15) is 9.59 Å². The molecule has 1 aromatic carbocycles. The molecule has 2 N–H and O–H groups in total. The highest BCUT2D eigenvalue weighted by molar-refractivity contribution is 5.95. The van der Waals surface area contributed by atoms with Crippen molar-refractivity contribution < 1.29 is 4.79 Å². The summed E-state index contributed by atoms with van der Waals surface area (Å²) in [5, 5.41) is 11.6. The van der Waals surface area contributed by atoms with Crippen LogP contribution in [0.15, 0.2) is 41.2 Å². The number of hydrogen-bond acceptors (Lipinski definition) is 3. The van der Waals surface area contributed by atoms with Gasteiger partial charge in [0.25, 0.3) is 5.91 Å². The van der Waals surface area contributed by atoms with Gasteiger partial charge in [-0.05, 0) is 29.7 Å². The predicted octanol–water partition coefficient (Wildman–Crippen LogP) is 2.30. The van der Waals surface area contributed by atoms with Crippen LogP contribution in [0.3, 0.4) is 0 Å². The van der Waals surface area contributed by atoms with Crippen molar-refractivity contribution in [2.75, 3.05) is 0 Å². The molecule has 112 valence electrons. The van der Waals surface area contributed by atoms with Gasteiger partial charge in [-0.2, -0.15) is 5.26 Å². The standard InChI is InChI=1S/C17H17N3O2/c1-11(2)16-14(7-8-15(21)20-16)17(22)19-10-13-5-3-12(9-18)4-6-13/h3-8,11H,10H2,1-2H3,(H,19,22)(H,20,21). The molecule has 1 heterocycles. The summed E-state index contributed by atoms with van der Waals surface area (Å²) in [7, 11) is 0. The summed E-state index contributed by atoms with van der Waals surface area (Å²) in [6.07, 6.45) is 0. The third-order valence-corrected chi connectivity index (χ3v) is 3.31. The van der Waals surface area contributed by atoms with E-state index < -0.39 is 0 Å². The minimum Gasteiger partial charge on any atom is -0.348 e. The Morgan fingerprint density at radius 1 is 1.23 bits per heavy atom. The van der Waals surface area contributed by atoms with E-state index in [1.54, 1.807) is 30.3 Å². The third-order valence-electron chi connectivity index (χ3n) is 3.31. The molecule has 0 atom stereocenters.